The second-order valence-corrected chi connectivity index (χ2v) is 6.15. The number of hydrogen-bond donors (Lipinski definition) is 2. The fraction of sp³-hybridized carbons (Fsp3) is 0.100. The molecule has 0 radical (unpaired) electrons. The molecular weight excluding hydrogens is 350 g/mol. The molecule has 0 unspecified atom stereocenters. The quantitative estimate of drug-likeness (QED) is 0.646. The Kier molecular flexibility index (Phi) is 5.71. The average molecular weight is 368 g/mol. The summed E-state index contributed by atoms with van der Waals surface area (Å²) in [6.45, 7) is 2.42. The van der Waals surface area contributed by atoms with Crippen molar-refractivity contribution in [2.75, 3.05) is 10.6 Å². The Hall–Kier alpha value is -3.05. The smallest absolute Gasteiger partial charge is 0.324 e. The SMILES string of the molecule is Cc1cccc(COc2cccnc2NC(=O)Nc2cccc(Cl)c2)c1. The number of nitrogens with zero attached hydrogens (tertiary/aromatic N) is 1. The van der Waals surface area contributed by atoms with E-state index in [0.717, 1.165) is 11.1 Å². The van der Waals surface area contributed by atoms with Crippen LogP contribution in [0.15, 0.2) is 66.9 Å². The van der Waals surface area contributed by atoms with Gasteiger partial charge in [-0.05, 0) is 42.8 Å². The molecule has 132 valence electrons. The summed E-state index contributed by atoms with van der Waals surface area (Å²) in [5.41, 5.74) is 2.80. The lowest BCUT2D eigenvalue weighted by atomic mass is 10.1. The van der Waals surface area contributed by atoms with E-state index >= 15 is 0 Å². The van der Waals surface area contributed by atoms with Crippen molar-refractivity contribution < 1.29 is 9.53 Å². The van der Waals surface area contributed by atoms with Crippen molar-refractivity contribution in [2.24, 2.45) is 0 Å². The highest BCUT2D eigenvalue weighted by Gasteiger charge is 2.10. The van der Waals surface area contributed by atoms with Crippen LogP contribution >= 0.6 is 11.6 Å². The molecule has 1 aromatic heterocycles. The topological polar surface area (TPSA) is 63.2 Å². The minimum atomic E-state index is -0.425. The van der Waals surface area contributed by atoms with E-state index in [9.17, 15) is 4.79 Å². The van der Waals surface area contributed by atoms with E-state index in [2.05, 4.69) is 21.7 Å². The first-order valence-electron chi connectivity index (χ1n) is 8.07. The average Bonchev–Trinajstić information content (AvgIpc) is 2.61. The van der Waals surface area contributed by atoms with Gasteiger partial charge in [-0.3, -0.25) is 5.32 Å². The van der Waals surface area contributed by atoms with Gasteiger partial charge >= 0.3 is 6.03 Å². The number of aryl methyl sites for hydroxylation is 1. The van der Waals surface area contributed by atoms with E-state index in [0.29, 0.717) is 28.9 Å². The van der Waals surface area contributed by atoms with Crippen molar-refractivity contribution >= 4 is 29.1 Å². The first kappa shape index (κ1) is 17.8. The predicted molar refractivity (Wildman–Crippen MR) is 104 cm³/mol. The van der Waals surface area contributed by atoms with Crippen LogP contribution in [0.4, 0.5) is 16.3 Å². The third-order valence-corrected chi connectivity index (χ3v) is 3.80. The maximum absolute atomic E-state index is 12.2. The highest BCUT2D eigenvalue weighted by molar-refractivity contribution is 6.30. The molecule has 0 aliphatic heterocycles. The third-order valence-electron chi connectivity index (χ3n) is 3.56. The van der Waals surface area contributed by atoms with Gasteiger partial charge in [-0.2, -0.15) is 0 Å². The summed E-state index contributed by atoms with van der Waals surface area (Å²) < 4.78 is 5.82. The fourth-order valence-corrected chi connectivity index (χ4v) is 2.59. The van der Waals surface area contributed by atoms with Gasteiger partial charge in [0, 0.05) is 16.9 Å². The van der Waals surface area contributed by atoms with Crippen LogP contribution < -0.4 is 15.4 Å². The second-order valence-electron chi connectivity index (χ2n) is 5.72. The van der Waals surface area contributed by atoms with Crippen molar-refractivity contribution in [3.63, 3.8) is 0 Å². The van der Waals surface area contributed by atoms with E-state index in [4.69, 9.17) is 16.3 Å². The van der Waals surface area contributed by atoms with Gasteiger partial charge in [-0.1, -0.05) is 47.5 Å². The zero-order valence-corrected chi connectivity index (χ0v) is 15.0. The number of nitrogens with one attached hydrogen (secondary N) is 2. The largest absolute Gasteiger partial charge is 0.485 e. The Bertz CT molecular complexity index is 915. The van der Waals surface area contributed by atoms with Crippen molar-refractivity contribution in [1.82, 2.24) is 4.98 Å². The highest BCUT2D eigenvalue weighted by Crippen LogP contribution is 2.23. The molecule has 0 aliphatic rings. The number of carbonyl (C=O) groups excluding carboxylic acids is 1. The molecule has 1 heterocycles. The van der Waals surface area contributed by atoms with E-state index in [1.165, 1.54) is 0 Å². The summed E-state index contributed by atoms with van der Waals surface area (Å²) in [6.07, 6.45) is 1.59. The van der Waals surface area contributed by atoms with Crippen LogP contribution in [-0.4, -0.2) is 11.0 Å². The molecule has 6 heteroatoms. The van der Waals surface area contributed by atoms with Crippen LogP contribution in [0.1, 0.15) is 11.1 Å². The molecule has 0 aliphatic carbocycles. The molecule has 0 atom stereocenters. The molecule has 2 aromatic carbocycles. The van der Waals surface area contributed by atoms with Crippen molar-refractivity contribution in [2.45, 2.75) is 13.5 Å². The first-order chi connectivity index (χ1) is 12.6. The maximum Gasteiger partial charge on any atom is 0.324 e. The van der Waals surface area contributed by atoms with E-state index in [-0.39, 0.29) is 0 Å². The lowest BCUT2D eigenvalue weighted by Crippen LogP contribution is -2.20. The number of rotatable bonds is 5. The summed E-state index contributed by atoms with van der Waals surface area (Å²) in [5.74, 6) is 0.843. The number of halogens is 1. The van der Waals surface area contributed by atoms with E-state index < -0.39 is 6.03 Å². The molecule has 0 fully saturated rings. The van der Waals surface area contributed by atoms with E-state index in [1.54, 1.807) is 42.6 Å². The number of carbonyl (C=O) groups is 1. The Morgan fingerprint density at radius 1 is 1.08 bits per heavy atom. The van der Waals surface area contributed by atoms with Crippen LogP contribution in [0, 0.1) is 6.92 Å². The van der Waals surface area contributed by atoms with Crippen molar-refractivity contribution in [3.05, 3.63) is 83.0 Å². The van der Waals surface area contributed by atoms with Crippen LogP contribution in [0.2, 0.25) is 5.02 Å². The molecule has 0 bridgehead atoms. The Morgan fingerprint density at radius 2 is 1.92 bits per heavy atom. The van der Waals surface area contributed by atoms with Gasteiger partial charge in [0.1, 0.15) is 6.61 Å². The van der Waals surface area contributed by atoms with Crippen LogP contribution in [0.5, 0.6) is 5.75 Å². The van der Waals surface area contributed by atoms with Crippen LogP contribution in [0.25, 0.3) is 0 Å². The number of ether oxygens (including phenoxy) is 1. The highest BCUT2D eigenvalue weighted by atomic mass is 35.5. The number of hydrogen-bond acceptors (Lipinski definition) is 3. The molecule has 0 saturated carbocycles. The molecule has 2 N–H and O–H groups in total. The van der Waals surface area contributed by atoms with Crippen LogP contribution in [0.3, 0.4) is 0 Å². The standard InChI is InChI=1S/C20H18ClN3O2/c1-14-5-2-6-15(11-14)13-26-18-9-4-10-22-19(18)24-20(25)23-17-8-3-7-16(21)12-17/h2-12H,13H2,1H3,(H2,22,23,24,25). The molecule has 5 nitrogen and oxygen atoms in total. The third kappa shape index (κ3) is 4.97. The number of aromatic nitrogens is 1. The summed E-state index contributed by atoms with van der Waals surface area (Å²) in [5, 5.41) is 5.95. The second kappa shape index (κ2) is 8.36. The minimum absolute atomic E-state index is 0.347. The molecule has 3 aromatic rings. The molecule has 3 rings (SSSR count). The first-order valence-corrected chi connectivity index (χ1v) is 8.45. The molecular formula is C20H18ClN3O2. The maximum atomic E-state index is 12.2. The fourth-order valence-electron chi connectivity index (χ4n) is 2.40. The Labute approximate surface area is 157 Å². The van der Waals surface area contributed by atoms with Gasteiger partial charge in [0.15, 0.2) is 11.6 Å². The number of anilines is 2. The van der Waals surface area contributed by atoms with Gasteiger partial charge in [-0.25, -0.2) is 9.78 Å². The van der Waals surface area contributed by atoms with Crippen molar-refractivity contribution in [1.29, 1.82) is 0 Å². The Morgan fingerprint density at radius 3 is 2.73 bits per heavy atom. The lowest BCUT2D eigenvalue weighted by molar-refractivity contribution is 0.261. The normalized spacial score (nSPS) is 10.2. The van der Waals surface area contributed by atoms with Gasteiger partial charge in [0.25, 0.3) is 0 Å². The number of pyridine rings is 1. The number of benzene rings is 2. The van der Waals surface area contributed by atoms with E-state index in [1.807, 2.05) is 25.1 Å². The summed E-state index contributed by atoms with van der Waals surface area (Å²) in [4.78, 5) is 16.4. The summed E-state index contributed by atoms with van der Waals surface area (Å²) in [7, 11) is 0. The molecule has 26 heavy (non-hydrogen) atoms. The molecule has 0 saturated heterocycles. The zero-order valence-electron chi connectivity index (χ0n) is 14.2. The minimum Gasteiger partial charge on any atom is -0.485 e. The number of urea groups is 1. The summed E-state index contributed by atoms with van der Waals surface area (Å²) in [6, 6.07) is 18.0. The molecule has 0 spiro atoms. The lowest BCUT2D eigenvalue weighted by Gasteiger charge is -2.12. The van der Waals surface area contributed by atoms with Crippen LogP contribution in [-0.2, 0) is 6.61 Å². The monoisotopic (exact) mass is 367 g/mol. The van der Waals surface area contributed by atoms with Gasteiger partial charge < -0.3 is 10.1 Å². The summed E-state index contributed by atoms with van der Waals surface area (Å²) >= 11 is 5.92. The van der Waals surface area contributed by atoms with Crippen molar-refractivity contribution in [3.8, 4) is 5.75 Å². The molecule has 2 amide bonds. The van der Waals surface area contributed by atoms with Gasteiger partial charge in [0.2, 0.25) is 0 Å². The van der Waals surface area contributed by atoms with Gasteiger partial charge in [-0.15, -0.1) is 0 Å². The number of amides is 2. The Balaban J connectivity index is 1.65. The predicted octanol–water partition coefficient (Wildman–Crippen LogP) is 5.27. The van der Waals surface area contributed by atoms with Gasteiger partial charge in [0.05, 0.1) is 0 Å². The zero-order chi connectivity index (χ0) is 18.4.